The largest absolute Gasteiger partial charge is 0.416 e. The lowest BCUT2D eigenvalue weighted by atomic mass is 10.1. The van der Waals surface area contributed by atoms with Crippen molar-refractivity contribution in [1.29, 1.82) is 0 Å². The zero-order valence-corrected chi connectivity index (χ0v) is 11.5. The molecule has 0 fully saturated rings. The van der Waals surface area contributed by atoms with Gasteiger partial charge in [-0.1, -0.05) is 30.0 Å². The molecule has 0 aliphatic carbocycles. The number of fused-ring (bicyclic) bond motifs is 1. The Balaban J connectivity index is 2.05. The molecule has 0 atom stereocenters. The highest BCUT2D eigenvalue weighted by molar-refractivity contribution is 7.99. The topological polar surface area (TPSA) is 12.9 Å². The van der Waals surface area contributed by atoms with Gasteiger partial charge in [0.1, 0.15) is 0 Å². The van der Waals surface area contributed by atoms with Crippen LogP contribution in [0.25, 0.3) is 10.9 Å². The van der Waals surface area contributed by atoms with Crippen LogP contribution >= 0.6 is 11.8 Å². The van der Waals surface area contributed by atoms with E-state index in [1.807, 2.05) is 12.1 Å². The molecule has 5 heteroatoms. The van der Waals surface area contributed by atoms with Crippen LogP contribution in [0.4, 0.5) is 13.2 Å². The van der Waals surface area contributed by atoms with E-state index in [1.165, 1.54) is 24.0 Å². The maximum Gasteiger partial charge on any atom is 0.416 e. The summed E-state index contributed by atoms with van der Waals surface area (Å²) in [5.74, 6) is 0. The van der Waals surface area contributed by atoms with Crippen LogP contribution in [0, 0.1) is 6.07 Å². The van der Waals surface area contributed by atoms with Crippen LogP contribution < -0.4 is 0 Å². The summed E-state index contributed by atoms with van der Waals surface area (Å²) in [6.07, 6.45) is -2.83. The fourth-order valence-corrected chi connectivity index (χ4v) is 2.89. The number of hydrogen-bond donors (Lipinski definition) is 0. The van der Waals surface area contributed by atoms with Crippen LogP contribution in [0.2, 0.25) is 0 Å². The second kappa shape index (κ2) is 5.41. The van der Waals surface area contributed by atoms with Gasteiger partial charge in [0.15, 0.2) is 0 Å². The molecule has 0 bridgehead atoms. The van der Waals surface area contributed by atoms with E-state index in [1.54, 1.807) is 18.2 Å². The first-order valence-corrected chi connectivity index (χ1v) is 6.95. The minimum Gasteiger partial charge on any atom is -0.256 e. The number of hydrogen-bond acceptors (Lipinski definition) is 2. The summed E-state index contributed by atoms with van der Waals surface area (Å²) in [6, 6.07) is 15.8. The van der Waals surface area contributed by atoms with Crippen molar-refractivity contribution in [3.63, 3.8) is 0 Å². The molecule has 2 aromatic carbocycles. The summed E-state index contributed by atoms with van der Waals surface area (Å²) < 4.78 is 38.2. The van der Waals surface area contributed by atoms with Crippen LogP contribution in [-0.2, 0) is 6.18 Å². The smallest absolute Gasteiger partial charge is 0.256 e. The van der Waals surface area contributed by atoms with E-state index in [4.69, 9.17) is 0 Å². The normalized spacial score (nSPS) is 11.8. The third-order valence-corrected chi connectivity index (χ3v) is 4.03. The average Bonchev–Trinajstić information content (AvgIpc) is 2.47. The zero-order valence-electron chi connectivity index (χ0n) is 10.7. The van der Waals surface area contributed by atoms with Gasteiger partial charge < -0.3 is 0 Å². The van der Waals surface area contributed by atoms with Crippen molar-refractivity contribution >= 4 is 22.7 Å². The van der Waals surface area contributed by atoms with Gasteiger partial charge in [-0.15, -0.1) is 0 Å². The standard InChI is InChI=1S/C16H9F3NS/c17-16(18,19)11-6-7-13-14(10-11)20-9-8-15(13)21-12-4-2-1-3-5-12/h2-10H. The Morgan fingerprint density at radius 1 is 1.00 bits per heavy atom. The van der Waals surface area contributed by atoms with E-state index in [-0.39, 0.29) is 0 Å². The Morgan fingerprint density at radius 2 is 1.76 bits per heavy atom. The molecule has 1 heterocycles. The number of halogens is 3. The van der Waals surface area contributed by atoms with Crippen molar-refractivity contribution in [2.24, 2.45) is 0 Å². The molecule has 21 heavy (non-hydrogen) atoms. The number of nitrogens with zero attached hydrogens (tertiary/aromatic N) is 1. The van der Waals surface area contributed by atoms with E-state index in [0.717, 1.165) is 21.9 Å². The number of pyridine rings is 1. The average molecular weight is 304 g/mol. The third-order valence-electron chi connectivity index (χ3n) is 2.95. The minimum absolute atomic E-state index is 0.345. The molecule has 1 radical (unpaired) electrons. The maximum absolute atomic E-state index is 12.7. The highest BCUT2D eigenvalue weighted by Crippen LogP contribution is 2.35. The van der Waals surface area contributed by atoms with Gasteiger partial charge in [-0.2, -0.15) is 13.2 Å². The summed E-state index contributed by atoms with van der Waals surface area (Å²) in [4.78, 5) is 5.91. The molecule has 0 aliphatic rings. The van der Waals surface area contributed by atoms with Gasteiger partial charge in [0, 0.05) is 21.4 Å². The van der Waals surface area contributed by atoms with Crippen molar-refractivity contribution in [3.8, 4) is 0 Å². The second-order valence-corrected chi connectivity index (χ2v) is 5.49. The zero-order chi connectivity index (χ0) is 14.9. The molecule has 0 spiro atoms. The minimum atomic E-state index is -4.35. The third kappa shape index (κ3) is 3.03. The summed E-state index contributed by atoms with van der Waals surface area (Å²) in [6.45, 7) is 0. The van der Waals surface area contributed by atoms with Crippen LogP contribution in [-0.4, -0.2) is 4.98 Å². The first-order valence-electron chi connectivity index (χ1n) is 6.14. The predicted octanol–water partition coefficient (Wildman–Crippen LogP) is 5.20. The summed E-state index contributed by atoms with van der Waals surface area (Å²) in [5.41, 5.74) is -0.337. The lowest BCUT2D eigenvalue weighted by Crippen LogP contribution is -2.04. The van der Waals surface area contributed by atoms with Gasteiger partial charge in [-0.25, -0.2) is 0 Å². The molecular weight excluding hydrogens is 295 g/mol. The first-order chi connectivity index (χ1) is 10.0. The molecule has 0 N–H and O–H groups in total. The van der Waals surface area contributed by atoms with Crippen molar-refractivity contribution in [1.82, 2.24) is 4.98 Å². The van der Waals surface area contributed by atoms with Crippen LogP contribution in [0.3, 0.4) is 0 Å². The molecule has 3 rings (SSSR count). The quantitative estimate of drug-likeness (QED) is 0.645. The molecule has 105 valence electrons. The molecule has 0 saturated heterocycles. The van der Waals surface area contributed by atoms with Crippen molar-refractivity contribution in [2.45, 2.75) is 16.0 Å². The SMILES string of the molecule is FC(F)(F)c1ccc2c(Sc3cc[c]cc3)ccnc2c1. The molecule has 0 aliphatic heterocycles. The molecule has 1 nitrogen and oxygen atoms in total. The van der Waals surface area contributed by atoms with Crippen molar-refractivity contribution in [3.05, 3.63) is 66.4 Å². The summed E-state index contributed by atoms with van der Waals surface area (Å²) in [7, 11) is 0. The van der Waals surface area contributed by atoms with E-state index in [2.05, 4.69) is 11.1 Å². The predicted molar refractivity (Wildman–Crippen MR) is 76.1 cm³/mol. The van der Waals surface area contributed by atoms with Crippen LogP contribution in [0.15, 0.2) is 64.5 Å². The van der Waals surface area contributed by atoms with Crippen molar-refractivity contribution < 1.29 is 13.2 Å². The van der Waals surface area contributed by atoms with Gasteiger partial charge >= 0.3 is 6.18 Å². The Bertz CT molecular complexity index is 769. The molecule has 3 aromatic rings. The number of alkyl halides is 3. The van der Waals surface area contributed by atoms with Crippen LogP contribution in [0.5, 0.6) is 0 Å². The van der Waals surface area contributed by atoms with E-state index >= 15 is 0 Å². The van der Waals surface area contributed by atoms with Crippen molar-refractivity contribution in [2.75, 3.05) is 0 Å². The Kier molecular flexibility index (Phi) is 3.59. The first kappa shape index (κ1) is 13.9. The summed E-state index contributed by atoms with van der Waals surface area (Å²) in [5, 5.41) is 0.711. The molecule has 0 unspecified atom stereocenters. The van der Waals surface area contributed by atoms with Gasteiger partial charge in [0.2, 0.25) is 0 Å². The van der Waals surface area contributed by atoms with E-state index in [0.29, 0.717) is 10.9 Å². The Labute approximate surface area is 123 Å². The van der Waals surface area contributed by atoms with Crippen LogP contribution in [0.1, 0.15) is 5.56 Å². The fourth-order valence-electron chi connectivity index (χ4n) is 1.95. The fraction of sp³-hybridized carbons (Fsp3) is 0.0625. The van der Waals surface area contributed by atoms with Gasteiger partial charge in [0.25, 0.3) is 0 Å². The number of aromatic nitrogens is 1. The molecular formula is C16H9F3NS. The lowest BCUT2D eigenvalue weighted by molar-refractivity contribution is -0.137. The van der Waals surface area contributed by atoms with E-state index in [9.17, 15) is 13.2 Å². The molecule has 0 saturated carbocycles. The highest BCUT2D eigenvalue weighted by Gasteiger charge is 2.30. The summed E-state index contributed by atoms with van der Waals surface area (Å²) >= 11 is 1.49. The molecule has 0 amide bonds. The Hall–Kier alpha value is -2.01. The molecule has 1 aromatic heterocycles. The van der Waals surface area contributed by atoms with Gasteiger partial charge in [-0.05, 0) is 36.4 Å². The maximum atomic E-state index is 12.7. The van der Waals surface area contributed by atoms with Gasteiger partial charge in [0.05, 0.1) is 11.1 Å². The monoisotopic (exact) mass is 304 g/mol. The van der Waals surface area contributed by atoms with Gasteiger partial charge in [-0.3, -0.25) is 4.98 Å². The number of rotatable bonds is 2. The number of benzene rings is 2. The lowest BCUT2D eigenvalue weighted by Gasteiger charge is -2.09. The Morgan fingerprint density at radius 3 is 2.48 bits per heavy atom. The highest BCUT2D eigenvalue weighted by atomic mass is 32.2. The second-order valence-electron chi connectivity index (χ2n) is 4.38. The van der Waals surface area contributed by atoms with E-state index < -0.39 is 11.7 Å².